The molecule has 4 aromatic heterocycles. The molecule has 0 aliphatic heterocycles. The van der Waals surface area contributed by atoms with Gasteiger partial charge in [-0.15, -0.1) is 45.3 Å². The minimum Gasteiger partial charge on any atom is -0.143 e. The molecule has 0 saturated carbocycles. The zero-order chi connectivity index (χ0) is 17.9. The quantitative estimate of drug-likeness (QED) is 0.268. The highest BCUT2D eigenvalue weighted by atomic mass is 32.2. The van der Waals surface area contributed by atoms with E-state index in [9.17, 15) is 0 Å². The van der Waals surface area contributed by atoms with Crippen LogP contribution in [0.25, 0.3) is 28.9 Å². The molecule has 0 radical (unpaired) electrons. The van der Waals surface area contributed by atoms with Gasteiger partial charge in [-0.3, -0.25) is 0 Å². The van der Waals surface area contributed by atoms with Gasteiger partial charge in [0.15, 0.2) is 0 Å². The van der Waals surface area contributed by atoms with Crippen molar-refractivity contribution >= 4 is 54.7 Å². The molecule has 0 aliphatic carbocycles. The summed E-state index contributed by atoms with van der Waals surface area (Å²) in [5, 5.41) is 5.94. The van der Waals surface area contributed by atoms with Crippen LogP contribution in [0.4, 0.5) is 0 Å². The lowest BCUT2D eigenvalue weighted by Crippen LogP contribution is -1.83. The molecular weight excluding hydrogens is 393 g/mol. The van der Waals surface area contributed by atoms with Crippen molar-refractivity contribution in [3.05, 3.63) is 46.2 Å². The number of hydrogen-bond donors (Lipinski definition) is 0. The monoisotopic (exact) mass is 416 g/mol. The van der Waals surface area contributed by atoms with Crippen LogP contribution in [-0.2, 0) is 12.8 Å². The van der Waals surface area contributed by atoms with Crippen molar-refractivity contribution in [1.29, 1.82) is 0 Å². The number of rotatable bonds is 8. The first-order valence-corrected chi connectivity index (χ1v) is 12.9. The van der Waals surface area contributed by atoms with Gasteiger partial charge in [-0.25, -0.2) is 0 Å². The van der Waals surface area contributed by atoms with E-state index in [4.69, 9.17) is 0 Å². The van der Waals surface area contributed by atoms with Crippen molar-refractivity contribution in [2.24, 2.45) is 0 Å². The maximum atomic E-state index is 2.42. The third-order valence-electron chi connectivity index (χ3n) is 4.75. The Hall–Kier alpha value is -0.940. The fraction of sp³-hybridized carbons (Fsp3) is 0.364. The van der Waals surface area contributed by atoms with Crippen LogP contribution >= 0.6 is 45.3 Å². The summed E-state index contributed by atoms with van der Waals surface area (Å²) in [5.74, 6) is 0. The molecule has 0 nitrogen and oxygen atoms in total. The Morgan fingerprint density at radius 2 is 1.23 bits per heavy atom. The fourth-order valence-corrected chi connectivity index (χ4v) is 7.96. The van der Waals surface area contributed by atoms with Crippen molar-refractivity contribution in [2.75, 3.05) is 0 Å². The Labute approximate surface area is 172 Å². The molecule has 0 unspecified atom stereocenters. The lowest BCUT2D eigenvalue weighted by molar-refractivity contribution is 0.798. The largest absolute Gasteiger partial charge is 0.143 e. The molecule has 0 bridgehead atoms. The van der Waals surface area contributed by atoms with Crippen molar-refractivity contribution < 1.29 is 0 Å². The predicted molar refractivity (Wildman–Crippen MR) is 124 cm³/mol. The second-order valence-corrected chi connectivity index (χ2v) is 10.9. The van der Waals surface area contributed by atoms with Gasteiger partial charge in [0, 0.05) is 24.9 Å². The molecule has 0 spiro atoms. The topological polar surface area (TPSA) is 0 Å². The summed E-state index contributed by atoms with van der Waals surface area (Å²) in [6, 6.07) is 9.47. The van der Waals surface area contributed by atoms with Crippen molar-refractivity contribution in [3.8, 4) is 19.5 Å². The molecule has 0 aliphatic rings. The average Bonchev–Trinajstić information content (AvgIpc) is 3.39. The zero-order valence-corrected chi connectivity index (χ0v) is 18.6. The molecule has 4 heterocycles. The Bertz CT molecular complexity index is 872. The first kappa shape index (κ1) is 18.4. The van der Waals surface area contributed by atoms with Gasteiger partial charge < -0.3 is 0 Å². The van der Waals surface area contributed by atoms with Crippen LogP contribution < -0.4 is 0 Å². The van der Waals surface area contributed by atoms with Gasteiger partial charge in [-0.2, -0.15) is 0 Å². The van der Waals surface area contributed by atoms with Gasteiger partial charge in [-0.1, -0.05) is 26.7 Å². The van der Waals surface area contributed by atoms with Crippen molar-refractivity contribution in [1.82, 2.24) is 0 Å². The van der Waals surface area contributed by atoms with E-state index >= 15 is 0 Å². The number of fused-ring (bicyclic) bond motifs is 1. The van der Waals surface area contributed by atoms with E-state index < -0.39 is 0 Å². The van der Waals surface area contributed by atoms with Gasteiger partial charge in [0.1, 0.15) is 0 Å². The van der Waals surface area contributed by atoms with Gasteiger partial charge >= 0.3 is 0 Å². The van der Waals surface area contributed by atoms with Crippen LogP contribution in [-0.4, -0.2) is 0 Å². The van der Waals surface area contributed by atoms with Crippen molar-refractivity contribution in [3.63, 3.8) is 0 Å². The van der Waals surface area contributed by atoms with Gasteiger partial charge in [0.25, 0.3) is 0 Å². The number of unbranched alkanes of at least 4 members (excludes halogenated alkanes) is 2. The smallest absolute Gasteiger partial charge is 0.0878 e. The van der Waals surface area contributed by atoms with Crippen LogP contribution in [0.3, 0.4) is 0 Å². The summed E-state index contributed by atoms with van der Waals surface area (Å²) >= 11 is 7.76. The molecule has 4 heteroatoms. The summed E-state index contributed by atoms with van der Waals surface area (Å²) in [6.07, 6.45) is 7.52. The molecule has 0 atom stereocenters. The van der Waals surface area contributed by atoms with E-state index in [1.807, 2.05) is 45.3 Å². The van der Waals surface area contributed by atoms with Crippen molar-refractivity contribution in [2.45, 2.75) is 52.4 Å². The van der Waals surface area contributed by atoms with Crippen LogP contribution in [0.1, 0.15) is 50.7 Å². The molecule has 0 fully saturated rings. The van der Waals surface area contributed by atoms with E-state index in [1.165, 1.54) is 78.6 Å². The summed E-state index contributed by atoms with van der Waals surface area (Å²) in [4.78, 5) is 5.90. The highest BCUT2D eigenvalue weighted by molar-refractivity contribution is 7.42. The second kappa shape index (κ2) is 8.39. The molecule has 0 amide bonds. The van der Waals surface area contributed by atoms with Crippen LogP contribution in [0, 0.1) is 0 Å². The van der Waals surface area contributed by atoms with E-state index in [0.29, 0.717) is 0 Å². The minimum absolute atomic E-state index is 1.21. The van der Waals surface area contributed by atoms with Gasteiger partial charge in [-0.05, 0) is 71.8 Å². The summed E-state index contributed by atoms with van der Waals surface area (Å²) in [6.45, 7) is 4.54. The fourth-order valence-electron chi connectivity index (χ4n) is 3.30. The summed E-state index contributed by atoms with van der Waals surface area (Å²) < 4.78 is 1.47. The molecule has 4 rings (SSSR count). The highest BCUT2D eigenvalue weighted by Gasteiger charge is 2.15. The Morgan fingerprint density at radius 1 is 0.731 bits per heavy atom. The van der Waals surface area contributed by atoms with E-state index in [0.717, 1.165) is 0 Å². The third kappa shape index (κ3) is 3.70. The van der Waals surface area contributed by atoms with E-state index in [2.05, 4.69) is 48.9 Å². The maximum absolute atomic E-state index is 2.42. The molecule has 136 valence electrons. The minimum atomic E-state index is 1.21. The Kier molecular flexibility index (Phi) is 5.94. The predicted octanol–water partition coefficient (Wildman–Crippen LogP) is 9.10. The number of thiophene rings is 4. The average molecular weight is 417 g/mol. The lowest BCUT2D eigenvalue weighted by Gasteiger charge is -2.01. The SMILES string of the molecule is CCCCc1ccsc1-c1cc2cc(-c3sccc3CCCC)sc2s1. The molecular formula is C22H24S4. The zero-order valence-electron chi connectivity index (χ0n) is 15.3. The maximum Gasteiger partial charge on any atom is 0.0878 e. The first-order chi connectivity index (χ1) is 12.8. The third-order valence-corrected chi connectivity index (χ3v) is 9.42. The number of aryl methyl sites for hydroxylation is 2. The van der Waals surface area contributed by atoms with E-state index in [1.54, 1.807) is 0 Å². The van der Waals surface area contributed by atoms with E-state index in [-0.39, 0.29) is 0 Å². The van der Waals surface area contributed by atoms with Crippen LogP contribution in [0.5, 0.6) is 0 Å². The number of hydrogen-bond acceptors (Lipinski definition) is 4. The Balaban J connectivity index is 1.62. The lowest BCUT2D eigenvalue weighted by atomic mass is 10.1. The molecule has 0 aromatic carbocycles. The normalized spacial score (nSPS) is 11.6. The molecule has 0 saturated heterocycles. The molecule has 0 N–H and O–H groups in total. The molecule has 26 heavy (non-hydrogen) atoms. The Morgan fingerprint density at radius 3 is 1.65 bits per heavy atom. The van der Waals surface area contributed by atoms with Crippen LogP contribution in [0.2, 0.25) is 0 Å². The standard InChI is InChI=1S/C22H24S4/c1-3-5-7-15-9-11-23-20(15)18-13-17-14-19(26-22(17)25-18)21-16(8-6-4-2)10-12-24-21/h9-14H,3-8H2,1-2H3. The highest BCUT2D eigenvalue weighted by Crippen LogP contribution is 2.45. The summed E-state index contributed by atoms with van der Waals surface area (Å²) in [5.41, 5.74) is 3.07. The van der Waals surface area contributed by atoms with Gasteiger partial charge in [0.2, 0.25) is 0 Å². The van der Waals surface area contributed by atoms with Gasteiger partial charge in [0.05, 0.1) is 4.01 Å². The summed E-state index contributed by atoms with van der Waals surface area (Å²) in [7, 11) is 0. The second-order valence-electron chi connectivity index (χ2n) is 6.72. The van der Waals surface area contributed by atoms with Crippen LogP contribution in [0.15, 0.2) is 35.0 Å². The first-order valence-electron chi connectivity index (χ1n) is 9.47. The molecule has 4 aromatic rings.